The summed E-state index contributed by atoms with van der Waals surface area (Å²) in [6.07, 6.45) is 0.877. The third-order valence-corrected chi connectivity index (χ3v) is 4.94. The van der Waals surface area contributed by atoms with Crippen LogP contribution in [-0.2, 0) is 23.8 Å². The topological polar surface area (TPSA) is 64.4 Å². The third-order valence-electron chi connectivity index (χ3n) is 4.94. The van der Waals surface area contributed by atoms with Gasteiger partial charge in [0.2, 0.25) is 0 Å². The Labute approximate surface area is 149 Å². The summed E-state index contributed by atoms with van der Waals surface area (Å²) in [6, 6.07) is 0. The lowest BCUT2D eigenvalue weighted by molar-refractivity contribution is 0.193. The first-order chi connectivity index (χ1) is 11.3. The minimum Gasteiger partial charge on any atom is -0.359 e. The second kappa shape index (κ2) is 8.89. The van der Waals surface area contributed by atoms with E-state index in [2.05, 4.69) is 57.8 Å². The zero-order valence-electron chi connectivity index (χ0n) is 15.5. The number of nitrogens with zero attached hydrogens (tertiary/aromatic N) is 1. The van der Waals surface area contributed by atoms with Gasteiger partial charge in [0.25, 0.3) is 0 Å². The minimum atomic E-state index is 0.592. The molecule has 0 aliphatic carbocycles. The Balaban J connectivity index is 0.00000139. The first kappa shape index (κ1) is 20.3. The van der Waals surface area contributed by atoms with E-state index >= 15 is 0 Å². The summed E-state index contributed by atoms with van der Waals surface area (Å²) in [5.41, 5.74) is 12.2. The van der Waals surface area contributed by atoms with Crippen LogP contribution in [0, 0.1) is 48.5 Å². The van der Waals surface area contributed by atoms with Crippen LogP contribution in [0.4, 0.5) is 5.82 Å². The lowest BCUT2D eigenvalue weighted by Gasteiger charge is -2.18. The van der Waals surface area contributed by atoms with Crippen LogP contribution >= 0.6 is 0 Å². The fourth-order valence-corrected chi connectivity index (χ4v) is 2.74. The Bertz CT molecular complexity index is 682. The molecule has 0 bridgehead atoms. The number of benzene rings is 1. The van der Waals surface area contributed by atoms with Gasteiger partial charge >= 0.3 is 0 Å². The number of anilines is 1. The molecule has 0 aliphatic rings. The average Bonchev–Trinajstić information content (AvgIpc) is 2.91. The maximum atomic E-state index is 7.83. The smallest absolute Gasteiger partial charge is 0.197 e. The van der Waals surface area contributed by atoms with Crippen LogP contribution in [-0.4, -0.2) is 16.0 Å². The van der Waals surface area contributed by atoms with Gasteiger partial charge in [-0.15, -0.1) is 0 Å². The van der Waals surface area contributed by atoms with Crippen LogP contribution in [0.2, 0.25) is 0 Å². The van der Waals surface area contributed by atoms with Crippen LogP contribution in [0.5, 0.6) is 0 Å². The zero-order chi connectivity index (χ0) is 18.4. The van der Waals surface area contributed by atoms with Crippen molar-refractivity contribution in [3.63, 3.8) is 0 Å². The molecule has 1 N–H and O–H groups in total. The summed E-state index contributed by atoms with van der Waals surface area (Å²) in [5.74, 6) is 1.46. The molecule has 1 heterocycles. The summed E-state index contributed by atoms with van der Waals surface area (Å²) >= 11 is 2.83. The first-order valence-corrected chi connectivity index (χ1v) is 8.21. The molecule has 0 radical (unpaired) electrons. The normalized spacial score (nSPS) is 10.3. The molecular formula is C18H26N2O3S. The Morgan fingerprint density at radius 2 is 1.38 bits per heavy atom. The van der Waals surface area contributed by atoms with E-state index < -0.39 is 0 Å². The van der Waals surface area contributed by atoms with Crippen LogP contribution in [0.3, 0.4) is 0 Å². The standard InChI is InChI=1S/C18H26N2O2.OS/c1-10-11(2)13(4)17(14(5)12(10)3)8-9-21-19-18-15(6)16(7)22-20-18;1-2/h8-9H2,1-7H3,(H,19,20);. The van der Waals surface area contributed by atoms with Crippen LogP contribution in [0.15, 0.2) is 4.52 Å². The highest BCUT2D eigenvalue weighted by Crippen LogP contribution is 2.26. The van der Waals surface area contributed by atoms with Crippen LogP contribution < -0.4 is 5.48 Å². The fourth-order valence-electron chi connectivity index (χ4n) is 2.74. The monoisotopic (exact) mass is 350 g/mol. The maximum Gasteiger partial charge on any atom is 0.197 e. The van der Waals surface area contributed by atoms with E-state index in [0.717, 1.165) is 17.7 Å². The van der Waals surface area contributed by atoms with Crippen molar-refractivity contribution in [2.45, 2.75) is 54.9 Å². The van der Waals surface area contributed by atoms with Crippen molar-refractivity contribution in [2.75, 3.05) is 12.1 Å². The van der Waals surface area contributed by atoms with Crippen LogP contribution in [0.1, 0.15) is 44.7 Å². The van der Waals surface area contributed by atoms with Crippen molar-refractivity contribution in [1.29, 1.82) is 0 Å². The number of rotatable bonds is 5. The second-order valence-electron chi connectivity index (χ2n) is 6.02. The van der Waals surface area contributed by atoms with Crippen molar-refractivity contribution in [2.24, 2.45) is 0 Å². The average molecular weight is 350 g/mol. The molecule has 0 fully saturated rings. The summed E-state index contributed by atoms with van der Waals surface area (Å²) in [4.78, 5) is 5.57. The molecule has 0 amide bonds. The van der Waals surface area contributed by atoms with E-state index in [1.807, 2.05) is 13.8 Å². The summed E-state index contributed by atoms with van der Waals surface area (Å²) in [5, 5.41) is 3.92. The predicted octanol–water partition coefficient (Wildman–Crippen LogP) is 4.08. The molecule has 0 atom stereocenters. The Morgan fingerprint density at radius 3 is 1.83 bits per heavy atom. The summed E-state index contributed by atoms with van der Waals surface area (Å²) < 4.78 is 12.9. The molecule has 0 saturated carbocycles. The molecular weight excluding hydrogens is 324 g/mol. The van der Waals surface area contributed by atoms with Gasteiger partial charge in [-0.1, -0.05) is 5.16 Å². The van der Waals surface area contributed by atoms with E-state index in [1.165, 1.54) is 33.4 Å². The van der Waals surface area contributed by atoms with E-state index in [9.17, 15) is 0 Å². The molecule has 2 aromatic rings. The van der Waals surface area contributed by atoms with Crippen LogP contribution in [0.25, 0.3) is 0 Å². The van der Waals surface area contributed by atoms with Gasteiger partial charge in [-0.05, 0) is 88.3 Å². The lowest BCUT2D eigenvalue weighted by atomic mass is 9.88. The molecule has 0 unspecified atom stereocenters. The van der Waals surface area contributed by atoms with Crippen molar-refractivity contribution in [3.05, 3.63) is 44.7 Å². The molecule has 1 aromatic heterocycles. The van der Waals surface area contributed by atoms with Gasteiger partial charge in [0.1, 0.15) is 5.76 Å². The lowest BCUT2D eigenvalue weighted by Crippen LogP contribution is -2.10. The number of nitrogens with one attached hydrogen (secondary N) is 1. The minimum absolute atomic E-state index is 0.592. The quantitative estimate of drug-likeness (QED) is 0.647. The number of aryl methyl sites for hydroxylation is 1. The number of hydrogen-bond donors (Lipinski definition) is 1. The predicted molar refractivity (Wildman–Crippen MR) is 97.5 cm³/mol. The summed E-state index contributed by atoms with van der Waals surface area (Å²) in [7, 11) is 0. The van der Waals surface area contributed by atoms with E-state index in [-0.39, 0.29) is 0 Å². The molecule has 0 aliphatic heterocycles. The Kier molecular flexibility index (Phi) is 7.51. The largest absolute Gasteiger partial charge is 0.359 e. The van der Waals surface area contributed by atoms with E-state index in [0.29, 0.717) is 12.4 Å². The second-order valence-corrected chi connectivity index (χ2v) is 6.02. The molecule has 1 aromatic carbocycles. The Morgan fingerprint density at radius 1 is 0.875 bits per heavy atom. The van der Waals surface area contributed by atoms with Gasteiger partial charge in [0.05, 0.1) is 6.61 Å². The molecule has 6 heteroatoms. The molecule has 0 spiro atoms. The molecule has 24 heavy (non-hydrogen) atoms. The van der Waals surface area contributed by atoms with Gasteiger partial charge < -0.3 is 4.52 Å². The highest BCUT2D eigenvalue weighted by molar-refractivity contribution is 7.44. The summed E-state index contributed by atoms with van der Waals surface area (Å²) in [6.45, 7) is 15.4. The van der Waals surface area contributed by atoms with Gasteiger partial charge in [-0.25, -0.2) is 5.48 Å². The van der Waals surface area contributed by atoms with Crippen molar-refractivity contribution >= 4 is 18.4 Å². The molecule has 132 valence electrons. The van der Waals surface area contributed by atoms with E-state index in [1.54, 1.807) is 0 Å². The number of aromatic nitrogens is 1. The van der Waals surface area contributed by atoms with Crippen molar-refractivity contribution < 1.29 is 13.6 Å². The van der Waals surface area contributed by atoms with Gasteiger partial charge in [0, 0.05) is 5.56 Å². The zero-order valence-corrected chi connectivity index (χ0v) is 16.3. The van der Waals surface area contributed by atoms with Gasteiger partial charge in [-0.2, -0.15) is 4.21 Å². The molecule has 0 saturated heterocycles. The first-order valence-electron chi connectivity index (χ1n) is 7.87. The van der Waals surface area contributed by atoms with Crippen molar-refractivity contribution in [3.8, 4) is 0 Å². The number of hydrogen-bond acceptors (Lipinski definition) is 6. The van der Waals surface area contributed by atoms with Gasteiger partial charge in [-0.3, -0.25) is 4.84 Å². The SMILES string of the molecule is Cc1onc(NOCCc2c(C)c(C)c(C)c(C)c2C)c1C.O=S. The maximum absolute atomic E-state index is 7.83. The highest BCUT2D eigenvalue weighted by atomic mass is 32.1. The third kappa shape index (κ3) is 4.19. The molecule has 2 rings (SSSR count). The highest BCUT2D eigenvalue weighted by Gasteiger charge is 2.12. The van der Waals surface area contributed by atoms with Crippen molar-refractivity contribution in [1.82, 2.24) is 5.16 Å². The fraction of sp³-hybridized carbons (Fsp3) is 0.500. The molecule has 5 nitrogen and oxygen atoms in total. The Hall–Kier alpha value is -1.79. The van der Waals surface area contributed by atoms with Gasteiger partial charge in [0.15, 0.2) is 18.4 Å². The van der Waals surface area contributed by atoms with E-state index in [4.69, 9.17) is 13.6 Å².